The third-order valence-electron chi connectivity index (χ3n) is 6.88. The Labute approximate surface area is 208 Å². The van der Waals surface area contributed by atoms with Crippen molar-refractivity contribution in [3.8, 4) is 11.3 Å². The van der Waals surface area contributed by atoms with E-state index in [4.69, 9.17) is 4.74 Å². The van der Waals surface area contributed by atoms with Gasteiger partial charge in [0.1, 0.15) is 18.7 Å². The number of rotatable bonds is 8. The van der Waals surface area contributed by atoms with Gasteiger partial charge in [-0.1, -0.05) is 43.9 Å². The molecule has 1 aliphatic rings. The summed E-state index contributed by atoms with van der Waals surface area (Å²) in [5.41, 5.74) is 6.51. The number of ether oxygens (including phenoxy) is 1. The highest BCUT2D eigenvalue weighted by Gasteiger charge is 2.37. The Hall–Kier alpha value is -3.16. The molecule has 0 saturated heterocycles. The second-order valence-corrected chi connectivity index (χ2v) is 16.3. The predicted molar refractivity (Wildman–Crippen MR) is 145 cm³/mol. The number of aromatic nitrogens is 4. The Bertz CT molecular complexity index is 1350. The Morgan fingerprint density at radius 3 is 2.57 bits per heavy atom. The van der Waals surface area contributed by atoms with E-state index in [1.165, 1.54) is 11.1 Å². The van der Waals surface area contributed by atoms with Crippen LogP contribution in [0.3, 0.4) is 0 Å². The van der Waals surface area contributed by atoms with Crippen molar-refractivity contribution in [2.24, 2.45) is 4.99 Å². The molecule has 5 rings (SSSR count). The zero-order valence-electron chi connectivity index (χ0n) is 21.0. The Morgan fingerprint density at radius 2 is 1.86 bits per heavy atom. The maximum atomic E-state index is 5.98. The molecule has 0 radical (unpaired) electrons. The zero-order chi connectivity index (χ0) is 24.5. The first kappa shape index (κ1) is 23.6. The van der Waals surface area contributed by atoms with Crippen LogP contribution in [0, 0.1) is 0 Å². The van der Waals surface area contributed by atoms with Gasteiger partial charge in [0.2, 0.25) is 0 Å². The summed E-state index contributed by atoms with van der Waals surface area (Å²) in [5.74, 6) is 0. The van der Waals surface area contributed by atoms with Crippen molar-refractivity contribution in [1.29, 1.82) is 0 Å². The van der Waals surface area contributed by atoms with Crippen LogP contribution in [-0.2, 0) is 29.7 Å². The SMILES string of the molecule is CN=CC1(c2cncc(-c3ncnc4c3ccn4COCC[Si](C)(C)C)c2)Cc2ccccc2C1. The van der Waals surface area contributed by atoms with E-state index in [2.05, 4.69) is 86.8 Å². The Kier molecular flexibility index (Phi) is 6.38. The molecule has 0 atom stereocenters. The van der Waals surface area contributed by atoms with Crippen LogP contribution < -0.4 is 0 Å². The van der Waals surface area contributed by atoms with Gasteiger partial charge in [-0.2, -0.15) is 0 Å². The molecule has 0 spiro atoms. The van der Waals surface area contributed by atoms with Crippen molar-refractivity contribution in [2.45, 2.75) is 50.7 Å². The van der Waals surface area contributed by atoms with Crippen LogP contribution in [0.2, 0.25) is 25.7 Å². The second-order valence-electron chi connectivity index (χ2n) is 10.7. The first-order valence-corrected chi connectivity index (χ1v) is 15.9. The van der Waals surface area contributed by atoms with Crippen molar-refractivity contribution in [1.82, 2.24) is 19.5 Å². The summed E-state index contributed by atoms with van der Waals surface area (Å²) in [6.07, 6.45) is 11.5. The highest BCUT2D eigenvalue weighted by atomic mass is 28.3. The summed E-state index contributed by atoms with van der Waals surface area (Å²) in [6, 6.07) is 14.1. The maximum absolute atomic E-state index is 5.98. The lowest BCUT2D eigenvalue weighted by Crippen LogP contribution is -2.29. The van der Waals surface area contributed by atoms with Gasteiger partial charge in [-0.3, -0.25) is 9.98 Å². The molecule has 0 bridgehead atoms. The molecule has 0 N–H and O–H groups in total. The van der Waals surface area contributed by atoms with E-state index in [1.54, 1.807) is 6.33 Å². The third-order valence-corrected chi connectivity index (χ3v) is 8.58. The fourth-order valence-electron chi connectivity index (χ4n) is 4.98. The van der Waals surface area contributed by atoms with Crippen LogP contribution in [0.4, 0.5) is 0 Å². The van der Waals surface area contributed by atoms with E-state index >= 15 is 0 Å². The minimum Gasteiger partial charge on any atom is -0.361 e. The summed E-state index contributed by atoms with van der Waals surface area (Å²) < 4.78 is 8.03. The lowest BCUT2D eigenvalue weighted by Gasteiger charge is -2.25. The van der Waals surface area contributed by atoms with Crippen LogP contribution in [0.1, 0.15) is 16.7 Å². The minimum absolute atomic E-state index is 0.191. The van der Waals surface area contributed by atoms with Crippen LogP contribution >= 0.6 is 0 Å². The number of hydrogen-bond acceptors (Lipinski definition) is 5. The van der Waals surface area contributed by atoms with E-state index in [0.29, 0.717) is 6.73 Å². The lowest BCUT2D eigenvalue weighted by molar-refractivity contribution is 0.0899. The van der Waals surface area contributed by atoms with Gasteiger partial charge in [0.15, 0.2) is 0 Å². The molecule has 0 unspecified atom stereocenters. The van der Waals surface area contributed by atoms with E-state index in [1.807, 2.05) is 25.6 Å². The van der Waals surface area contributed by atoms with E-state index in [0.717, 1.165) is 53.3 Å². The predicted octanol–water partition coefficient (Wildman–Crippen LogP) is 5.54. The number of aliphatic imine (C=N–C) groups is 1. The average Bonchev–Trinajstić information content (AvgIpc) is 3.43. The maximum Gasteiger partial charge on any atom is 0.145 e. The summed E-state index contributed by atoms with van der Waals surface area (Å²) >= 11 is 0. The topological polar surface area (TPSA) is 65.2 Å². The lowest BCUT2D eigenvalue weighted by atomic mass is 9.79. The van der Waals surface area contributed by atoms with Gasteiger partial charge < -0.3 is 9.30 Å². The Balaban J connectivity index is 1.45. The molecule has 7 heteroatoms. The van der Waals surface area contributed by atoms with Crippen LogP contribution in [-0.4, -0.2) is 47.5 Å². The fourth-order valence-corrected chi connectivity index (χ4v) is 5.74. The van der Waals surface area contributed by atoms with Gasteiger partial charge in [-0.05, 0) is 47.7 Å². The third kappa shape index (κ3) is 4.83. The largest absolute Gasteiger partial charge is 0.361 e. The molecule has 6 nitrogen and oxygen atoms in total. The molecule has 0 fully saturated rings. The van der Waals surface area contributed by atoms with Gasteiger partial charge >= 0.3 is 0 Å². The molecule has 1 aromatic carbocycles. The van der Waals surface area contributed by atoms with Crippen molar-refractivity contribution in [2.75, 3.05) is 13.7 Å². The Morgan fingerprint density at radius 1 is 1.09 bits per heavy atom. The van der Waals surface area contributed by atoms with Crippen molar-refractivity contribution >= 4 is 25.3 Å². The normalized spacial score (nSPS) is 15.2. The van der Waals surface area contributed by atoms with Gasteiger partial charge in [-0.25, -0.2) is 9.97 Å². The molecule has 4 aromatic rings. The molecule has 180 valence electrons. The van der Waals surface area contributed by atoms with E-state index in [-0.39, 0.29) is 5.41 Å². The highest BCUT2D eigenvalue weighted by Crippen LogP contribution is 2.39. The van der Waals surface area contributed by atoms with Crippen molar-refractivity contribution < 1.29 is 4.74 Å². The van der Waals surface area contributed by atoms with Gasteiger partial charge in [-0.15, -0.1) is 0 Å². The molecule has 3 aromatic heterocycles. The van der Waals surface area contributed by atoms with Gasteiger partial charge in [0, 0.05) is 62.9 Å². The average molecular weight is 484 g/mol. The van der Waals surface area contributed by atoms with Crippen LogP contribution in [0.5, 0.6) is 0 Å². The molecule has 35 heavy (non-hydrogen) atoms. The highest BCUT2D eigenvalue weighted by molar-refractivity contribution is 6.76. The molecular weight excluding hydrogens is 450 g/mol. The molecule has 1 aliphatic carbocycles. The first-order chi connectivity index (χ1) is 16.9. The smallest absolute Gasteiger partial charge is 0.145 e. The number of hydrogen-bond donors (Lipinski definition) is 0. The van der Waals surface area contributed by atoms with Gasteiger partial charge in [0.05, 0.1) is 5.69 Å². The standard InChI is InChI=1S/C28H33N5OSi/c1-29-18-28(14-21-7-5-6-8-22(21)15-28)24-13-23(16-30-17-24)26-25-9-10-33(27(25)32-19-31-26)20-34-11-12-35(2,3)4/h5-10,13,16-19H,11-12,14-15,20H2,1-4H3. The number of benzene rings is 1. The molecule has 0 saturated carbocycles. The zero-order valence-corrected chi connectivity index (χ0v) is 22.0. The van der Waals surface area contributed by atoms with E-state index < -0.39 is 8.07 Å². The van der Waals surface area contributed by atoms with E-state index in [9.17, 15) is 0 Å². The first-order valence-electron chi connectivity index (χ1n) is 12.2. The van der Waals surface area contributed by atoms with Crippen LogP contribution in [0.15, 0.2) is 66.3 Å². The summed E-state index contributed by atoms with van der Waals surface area (Å²) in [6.45, 7) is 8.37. The molecule has 3 heterocycles. The van der Waals surface area contributed by atoms with Gasteiger partial charge in [0.25, 0.3) is 0 Å². The second kappa shape index (κ2) is 9.47. The molecule has 0 amide bonds. The summed E-state index contributed by atoms with van der Waals surface area (Å²) in [5, 5.41) is 1.01. The summed E-state index contributed by atoms with van der Waals surface area (Å²) in [4.78, 5) is 18.3. The molecule has 0 aliphatic heterocycles. The fraction of sp³-hybridized carbons (Fsp3) is 0.357. The number of pyridine rings is 1. The number of fused-ring (bicyclic) bond motifs is 2. The number of nitrogens with zero attached hydrogens (tertiary/aromatic N) is 5. The van der Waals surface area contributed by atoms with Crippen molar-refractivity contribution in [3.63, 3.8) is 0 Å². The molecular formula is C28H33N5OSi. The minimum atomic E-state index is -1.11. The quantitative estimate of drug-likeness (QED) is 0.187. The van der Waals surface area contributed by atoms with Crippen LogP contribution in [0.25, 0.3) is 22.3 Å². The van der Waals surface area contributed by atoms with Crippen molar-refractivity contribution in [3.05, 3.63) is 78.0 Å². The summed E-state index contributed by atoms with van der Waals surface area (Å²) in [7, 11) is 0.740. The monoisotopic (exact) mass is 483 g/mol.